The Labute approximate surface area is 177 Å². The van der Waals surface area contributed by atoms with Crippen molar-refractivity contribution in [3.8, 4) is 11.6 Å². The Balaban J connectivity index is 1.81. The Morgan fingerprint density at radius 2 is 1.72 bits per heavy atom. The van der Waals surface area contributed by atoms with Gasteiger partial charge in [-0.25, -0.2) is 4.98 Å². The maximum atomic E-state index is 6.57. The van der Waals surface area contributed by atoms with Gasteiger partial charge in [-0.3, -0.25) is 0 Å². The molecule has 0 fully saturated rings. The first kappa shape index (κ1) is 19.8. The second-order valence-corrected chi connectivity index (χ2v) is 9.56. The van der Waals surface area contributed by atoms with Gasteiger partial charge in [0.1, 0.15) is 16.9 Å². The first-order chi connectivity index (χ1) is 13.8. The number of hydrogen-bond acceptors (Lipinski definition) is 5. The lowest BCUT2D eigenvalue weighted by Crippen LogP contribution is -2.32. The quantitative estimate of drug-likeness (QED) is 0.556. The highest BCUT2D eigenvalue weighted by molar-refractivity contribution is 8.00. The van der Waals surface area contributed by atoms with Crippen LogP contribution in [0.5, 0.6) is 11.6 Å². The molecule has 150 valence electrons. The van der Waals surface area contributed by atoms with E-state index in [1.54, 1.807) is 18.0 Å². The molecule has 0 spiro atoms. The van der Waals surface area contributed by atoms with Crippen molar-refractivity contribution in [2.45, 2.75) is 50.4 Å². The first-order valence-corrected chi connectivity index (χ1v) is 10.7. The third-order valence-corrected chi connectivity index (χ3v) is 6.38. The fourth-order valence-corrected chi connectivity index (χ4v) is 4.89. The second-order valence-electron chi connectivity index (χ2n) is 8.43. The largest absolute Gasteiger partial charge is 0.437 e. The van der Waals surface area contributed by atoms with Crippen molar-refractivity contribution in [1.82, 2.24) is 4.98 Å². The number of nitrogens with zero attached hydrogens (tertiary/aromatic N) is 2. The number of aryl methyl sites for hydroxylation is 2. The lowest BCUT2D eigenvalue weighted by atomic mass is 9.86. The minimum atomic E-state index is -0.228. The number of ether oxygens (including phenoxy) is 1. The Bertz CT molecular complexity index is 1060. The van der Waals surface area contributed by atoms with Crippen LogP contribution in [0.25, 0.3) is 0 Å². The Morgan fingerprint density at radius 3 is 2.48 bits per heavy atom. The van der Waals surface area contributed by atoms with Crippen LogP contribution in [0, 0.1) is 13.8 Å². The number of benzene rings is 2. The number of aromatic nitrogens is 1. The predicted molar refractivity (Wildman–Crippen MR) is 121 cm³/mol. The van der Waals surface area contributed by atoms with Gasteiger partial charge in [0.25, 0.3) is 0 Å². The van der Waals surface area contributed by atoms with E-state index in [-0.39, 0.29) is 10.9 Å². The molecule has 2 N–H and O–H groups in total. The van der Waals surface area contributed by atoms with Gasteiger partial charge in [-0.05, 0) is 48.6 Å². The van der Waals surface area contributed by atoms with Crippen molar-refractivity contribution >= 4 is 23.1 Å². The molecule has 4 nitrogen and oxygen atoms in total. The van der Waals surface area contributed by atoms with Gasteiger partial charge in [0.2, 0.25) is 5.88 Å². The molecule has 2 aromatic carbocycles. The predicted octanol–water partition coefficient (Wildman–Crippen LogP) is 6.27. The average molecular weight is 406 g/mol. The maximum Gasteiger partial charge on any atom is 0.243 e. The van der Waals surface area contributed by atoms with Crippen molar-refractivity contribution in [1.29, 1.82) is 0 Å². The Morgan fingerprint density at radius 1 is 1.00 bits per heavy atom. The van der Waals surface area contributed by atoms with E-state index in [0.717, 1.165) is 22.7 Å². The molecule has 0 aliphatic carbocycles. The summed E-state index contributed by atoms with van der Waals surface area (Å²) in [6.45, 7) is 10.8. The summed E-state index contributed by atoms with van der Waals surface area (Å²) in [7, 11) is 0. The summed E-state index contributed by atoms with van der Waals surface area (Å²) in [6, 6.07) is 16.4. The summed E-state index contributed by atoms with van der Waals surface area (Å²) < 4.78 is 6.40. The molecule has 4 rings (SSSR count). The molecule has 0 amide bonds. The van der Waals surface area contributed by atoms with Crippen LogP contribution in [0.4, 0.5) is 11.4 Å². The molecule has 1 aliphatic rings. The van der Waals surface area contributed by atoms with Crippen LogP contribution in [0.3, 0.4) is 0 Å². The van der Waals surface area contributed by atoms with Crippen molar-refractivity contribution in [3.05, 3.63) is 71.4 Å². The molecule has 29 heavy (non-hydrogen) atoms. The first-order valence-electron chi connectivity index (χ1n) is 9.81. The molecule has 0 saturated heterocycles. The van der Waals surface area contributed by atoms with E-state index in [2.05, 4.69) is 62.7 Å². The van der Waals surface area contributed by atoms with Gasteiger partial charge in [0.15, 0.2) is 0 Å². The summed E-state index contributed by atoms with van der Waals surface area (Å²) >= 11 is 1.68. The molecule has 1 aliphatic heterocycles. The van der Waals surface area contributed by atoms with Gasteiger partial charge in [-0.1, -0.05) is 62.9 Å². The van der Waals surface area contributed by atoms with Crippen LogP contribution < -0.4 is 15.4 Å². The van der Waals surface area contributed by atoms with Crippen molar-refractivity contribution in [3.63, 3.8) is 0 Å². The van der Waals surface area contributed by atoms with Crippen molar-refractivity contribution < 1.29 is 4.74 Å². The number of thioether (sulfide) groups is 1. The summed E-state index contributed by atoms with van der Waals surface area (Å²) in [5.41, 5.74) is 11.9. The fraction of sp³-hybridized carbons (Fsp3) is 0.292. The van der Waals surface area contributed by atoms with E-state index in [4.69, 9.17) is 10.5 Å². The molecule has 1 atom stereocenters. The minimum absolute atomic E-state index is 0.0360. The highest BCUT2D eigenvalue weighted by atomic mass is 32.2. The fourth-order valence-electron chi connectivity index (χ4n) is 3.70. The smallest absolute Gasteiger partial charge is 0.243 e. The summed E-state index contributed by atoms with van der Waals surface area (Å²) in [5.74, 6) is 1.38. The SMILES string of the molecule is Cc1ccc(C)c2c1SC(N)N2c1cccnc1Oc1ccccc1C(C)(C)C. The van der Waals surface area contributed by atoms with Gasteiger partial charge < -0.3 is 15.4 Å². The third kappa shape index (κ3) is 3.61. The average Bonchev–Trinajstić information content (AvgIpc) is 3.03. The van der Waals surface area contributed by atoms with Gasteiger partial charge in [0.05, 0.1) is 5.69 Å². The highest BCUT2D eigenvalue weighted by Crippen LogP contribution is 2.51. The number of nitrogens with two attached hydrogens (primary N) is 1. The standard InChI is InChI=1S/C24H27N3OS/c1-15-12-13-16(2)21-20(15)27(23(25)29-21)18-10-8-14-26-22(18)28-19-11-7-6-9-17(19)24(3,4)5/h6-14,23H,25H2,1-5H3. The third-order valence-electron chi connectivity index (χ3n) is 5.18. The van der Waals surface area contributed by atoms with E-state index < -0.39 is 0 Å². The van der Waals surface area contributed by atoms with Crippen LogP contribution in [0.15, 0.2) is 59.6 Å². The monoisotopic (exact) mass is 405 g/mol. The van der Waals surface area contributed by atoms with Crippen LogP contribution >= 0.6 is 11.8 Å². The van der Waals surface area contributed by atoms with E-state index >= 15 is 0 Å². The number of pyridine rings is 1. The van der Waals surface area contributed by atoms with Crippen molar-refractivity contribution in [2.75, 3.05) is 4.90 Å². The molecular weight excluding hydrogens is 378 g/mol. The van der Waals surface area contributed by atoms with E-state index in [1.165, 1.54) is 16.0 Å². The summed E-state index contributed by atoms with van der Waals surface area (Å²) in [4.78, 5) is 7.94. The maximum absolute atomic E-state index is 6.57. The molecule has 5 heteroatoms. The summed E-state index contributed by atoms with van der Waals surface area (Å²) in [6.07, 6.45) is 1.76. The van der Waals surface area contributed by atoms with Crippen molar-refractivity contribution in [2.24, 2.45) is 5.73 Å². The van der Waals surface area contributed by atoms with Gasteiger partial charge >= 0.3 is 0 Å². The number of rotatable bonds is 3. The van der Waals surface area contributed by atoms with E-state index in [9.17, 15) is 0 Å². The lowest BCUT2D eigenvalue weighted by molar-refractivity contribution is 0.440. The molecule has 0 radical (unpaired) electrons. The Kier molecular flexibility index (Phi) is 5.05. The van der Waals surface area contributed by atoms with Gasteiger partial charge in [0, 0.05) is 16.7 Å². The summed E-state index contributed by atoms with van der Waals surface area (Å²) in [5, 5.41) is 0. The highest BCUT2D eigenvalue weighted by Gasteiger charge is 2.33. The Hall–Kier alpha value is -2.50. The second kappa shape index (κ2) is 7.39. The molecule has 0 bridgehead atoms. The molecule has 1 aromatic heterocycles. The normalized spacial score (nSPS) is 16.1. The topological polar surface area (TPSA) is 51.4 Å². The molecule has 2 heterocycles. The minimum Gasteiger partial charge on any atom is -0.437 e. The van der Waals surface area contributed by atoms with Crippen LogP contribution in [-0.4, -0.2) is 10.5 Å². The lowest BCUT2D eigenvalue weighted by Gasteiger charge is -2.27. The number of hydrogen-bond donors (Lipinski definition) is 1. The molecule has 1 unspecified atom stereocenters. The number of anilines is 2. The van der Waals surface area contributed by atoms with Gasteiger partial charge in [-0.15, -0.1) is 0 Å². The molecule has 3 aromatic rings. The van der Waals surface area contributed by atoms with Crippen LogP contribution in [-0.2, 0) is 5.41 Å². The van der Waals surface area contributed by atoms with E-state index in [0.29, 0.717) is 5.88 Å². The zero-order chi connectivity index (χ0) is 20.8. The van der Waals surface area contributed by atoms with Crippen LogP contribution in [0.1, 0.15) is 37.5 Å². The number of para-hydroxylation sites is 1. The van der Waals surface area contributed by atoms with E-state index in [1.807, 2.05) is 30.3 Å². The zero-order valence-corrected chi connectivity index (χ0v) is 18.4. The molecule has 0 saturated carbocycles. The molecular formula is C24H27N3OS. The number of fused-ring (bicyclic) bond motifs is 1. The zero-order valence-electron chi connectivity index (χ0n) is 17.6. The van der Waals surface area contributed by atoms with Crippen LogP contribution in [0.2, 0.25) is 0 Å². The van der Waals surface area contributed by atoms with Gasteiger partial charge in [-0.2, -0.15) is 0 Å².